The van der Waals surface area contributed by atoms with Crippen LogP contribution >= 0.6 is 0 Å². The Labute approximate surface area is 172 Å². The summed E-state index contributed by atoms with van der Waals surface area (Å²) in [5.41, 5.74) is 0.288. The number of hydrogen-bond donors (Lipinski definition) is 2. The van der Waals surface area contributed by atoms with E-state index in [1.165, 1.54) is 0 Å². The highest BCUT2D eigenvalue weighted by molar-refractivity contribution is 5.73. The summed E-state index contributed by atoms with van der Waals surface area (Å²) < 4.78 is 5.94. The van der Waals surface area contributed by atoms with Gasteiger partial charge >= 0.3 is 5.97 Å². The Bertz CT molecular complexity index is 852. The van der Waals surface area contributed by atoms with Crippen molar-refractivity contribution in [2.75, 3.05) is 0 Å². The number of benzene rings is 2. The monoisotopic (exact) mass is 394 g/mol. The minimum atomic E-state index is -0.821. The van der Waals surface area contributed by atoms with Crippen LogP contribution in [0.25, 0.3) is 0 Å². The van der Waals surface area contributed by atoms with E-state index in [1.54, 1.807) is 0 Å². The smallest absolute Gasteiger partial charge is 0.306 e. The summed E-state index contributed by atoms with van der Waals surface area (Å²) in [5, 5.41) is 20.4. The molecule has 4 rings (SSSR count). The van der Waals surface area contributed by atoms with Crippen LogP contribution in [0.2, 0.25) is 0 Å². The van der Waals surface area contributed by atoms with Crippen molar-refractivity contribution in [1.82, 2.24) is 0 Å². The molecular formula is C25H30O4. The van der Waals surface area contributed by atoms with E-state index < -0.39 is 11.6 Å². The minimum Gasteiger partial charge on any atom is -0.481 e. The Kier molecular flexibility index (Phi) is 5.39. The summed E-state index contributed by atoms with van der Waals surface area (Å²) in [6.07, 6.45) is 6.25. The van der Waals surface area contributed by atoms with E-state index >= 15 is 0 Å². The van der Waals surface area contributed by atoms with Gasteiger partial charge in [-0.25, -0.2) is 0 Å². The second-order valence-electron chi connectivity index (χ2n) is 9.26. The molecule has 1 unspecified atom stereocenters. The first kappa shape index (κ1) is 20.0. The van der Waals surface area contributed by atoms with Crippen LogP contribution in [0.5, 0.6) is 11.5 Å². The van der Waals surface area contributed by atoms with Crippen LogP contribution in [0.3, 0.4) is 0 Å². The van der Waals surface area contributed by atoms with Gasteiger partial charge in [-0.15, -0.1) is 0 Å². The third kappa shape index (κ3) is 4.64. The van der Waals surface area contributed by atoms with E-state index in [0.29, 0.717) is 5.92 Å². The van der Waals surface area contributed by atoms with Crippen LogP contribution in [0.1, 0.15) is 57.4 Å². The maximum absolute atomic E-state index is 11.3. The molecule has 0 saturated heterocycles. The Morgan fingerprint density at radius 3 is 2.38 bits per heavy atom. The lowest BCUT2D eigenvalue weighted by atomic mass is 9.66. The highest BCUT2D eigenvalue weighted by Crippen LogP contribution is 2.51. The van der Waals surface area contributed by atoms with Gasteiger partial charge in [0.05, 0.1) is 11.5 Å². The van der Waals surface area contributed by atoms with E-state index in [4.69, 9.17) is 9.84 Å². The van der Waals surface area contributed by atoms with Crippen molar-refractivity contribution in [3.05, 3.63) is 60.2 Å². The van der Waals surface area contributed by atoms with Crippen LogP contribution in [0.15, 0.2) is 54.6 Å². The van der Waals surface area contributed by atoms with Crippen molar-refractivity contribution in [2.24, 2.45) is 17.3 Å². The lowest BCUT2D eigenvalue weighted by Crippen LogP contribution is -2.36. The number of carbonyl (C=O) groups is 1. The fourth-order valence-corrected chi connectivity index (χ4v) is 4.68. The summed E-state index contributed by atoms with van der Waals surface area (Å²) in [5.74, 6) is 1.12. The molecule has 0 bridgehead atoms. The van der Waals surface area contributed by atoms with Crippen molar-refractivity contribution >= 4 is 5.97 Å². The third-order valence-corrected chi connectivity index (χ3v) is 6.99. The van der Waals surface area contributed by atoms with Crippen molar-refractivity contribution in [1.29, 1.82) is 0 Å². The first-order valence-corrected chi connectivity index (χ1v) is 10.7. The molecule has 0 aliphatic heterocycles. The molecule has 2 aliphatic carbocycles. The standard InChI is InChI=1S/C25H30O4/c1-24(11-10-18-16-22(18)23(26)27)12-14-25(28,15-13-24)19-6-5-9-21(17-19)29-20-7-3-2-4-8-20/h2-9,17-18,22,28H,10-16H2,1H3,(H,26,27)/t18-,22?,24?,25?/m1/s1. The van der Waals surface area contributed by atoms with Gasteiger partial charge in [0.25, 0.3) is 0 Å². The van der Waals surface area contributed by atoms with Crippen LogP contribution in [-0.2, 0) is 10.4 Å². The Morgan fingerprint density at radius 1 is 1.03 bits per heavy atom. The number of para-hydroxylation sites is 1. The van der Waals surface area contributed by atoms with E-state index in [2.05, 4.69) is 6.92 Å². The summed E-state index contributed by atoms with van der Waals surface area (Å²) in [6, 6.07) is 17.5. The minimum absolute atomic E-state index is 0.119. The maximum Gasteiger partial charge on any atom is 0.306 e. The Morgan fingerprint density at radius 2 is 1.72 bits per heavy atom. The summed E-state index contributed by atoms with van der Waals surface area (Å²) in [4.78, 5) is 11.0. The van der Waals surface area contributed by atoms with Crippen molar-refractivity contribution in [2.45, 2.75) is 57.5 Å². The van der Waals surface area contributed by atoms with E-state index in [1.807, 2.05) is 54.6 Å². The molecular weight excluding hydrogens is 364 g/mol. The number of hydrogen-bond acceptors (Lipinski definition) is 3. The van der Waals surface area contributed by atoms with Gasteiger partial charge < -0.3 is 14.9 Å². The third-order valence-electron chi connectivity index (χ3n) is 6.99. The highest BCUT2D eigenvalue weighted by atomic mass is 16.5. The van der Waals surface area contributed by atoms with Crippen molar-refractivity contribution < 1.29 is 19.7 Å². The quantitative estimate of drug-likeness (QED) is 0.628. The topological polar surface area (TPSA) is 66.8 Å². The average molecular weight is 395 g/mol. The van der Waals surface area contributed by atoms with Gasteiger partial charge in [-0.3, -0.25) is 4.79 Å². The molecule has 0 spiro atoms. The lowest BCUT2D eigenvalue weighted by molar-refractivity contribution is -0.138. The molecule has 0 heterocycles. The average Bonchev–Trinajstić information content (AvgIpc) is 3.51. The molecule has 0 aromatic heterocycles. The second-order valence-corrected chi connectivity index (χ2v) is 9.26. The normalized spacial score (nSPS) is 31.2. The van der Waals surface area contributed by atoms with E-state index in [9.17, 15) is 9.90 Å². The zero-order chi connectivity index (χ0) is 20.5. The molecule has 0 radical (unpaired) electrons. The molecule has 2 atom stereocenters. The number of carboxylic acids is 1. The predicted octanol–water partition coefficient (Wildman–Crippen LogP) is 5.75. The van der Waals surface area contributed by atoms with Crippen molar-refractivity contribution in [3.63, 3.8) is 0 Å². The van der Waals surface area contributed by atoms with Gasteiger partial charge in [-0.05, 0) is 86.1 Å². The second kappa shape index (κ2) is 7.83. The van der Waals surface area contributed by atoms with E-state index in [-0.39, 0.29) is 11.3 Å². The maximum atomic E-state index is 11.3. The SMILES string of the molecule is CC1(CC[C@@H]2CC2C(=O)O)CCC(O)(c2cccc(Oc3ccccc3)c2)CC1. The first-order valence-electron chi connectivity index (χ1n) is 10.7. The Hall–Kier alpha value is -2.33. The number of aliphatic carboxylic acids is 1. The fourth-order valence-electron chi connectivity index (χ4n) is 4.68. The zero-order valence-corrected chi connectivity index (χ0v) is 17.0. The molecule has 4 heteroatoms. The van der Waals surface area contributed by atoms with Gasteiger partial charge in [0.1, 0.15) is 11.5 Å². The Balaban J connectivity index is 1.36. The summed E-state index contributed by atoms with van der Waals surface area (Å²) in [7, 11) is 0. The predicted molar refractivity (Wildman–Crippen MR) is 112 cm³/mol. The highest BCUT2D eigenvalue weighted by Gasteiger charge is 2.45. The van der Waals surface area contributed by atoms with Crippen LogP contribution < -0.4 is 4.74 Å². The zero-order valence-electron chi connectivity index (χ0n) is 17.0. The van der Waals surface area contributed by atoms with Crippen molar-refractivity contribution in [3.8, 4) is 11.5 Å². The molecule has 2 saturated carbocycles. The number of aliphatic hydroxyl groups is 1. The molecule has 2 aromatic rings. The molecule has 0 amide bonds. The van der Waals surface area contributed by atoms with Crippen LogP contribution in [0, 0.1) is 17.3 Å². The summed E-state index contributed by atoms with van der Waals surface area (Å²) in [6.45, 7) is 2.29. The van der Waals surface area contributed by atoms with E-state index in [0.717, 1.165) is 62.0 Å². The molecule has 154 valence electrons. The number of carboxylic acid groups (broad SMARTS) is 1. The molecule has 4 nitrogen and oxygen atoms in total. The fraction of sp³-hybridized carbons (Fsp3) is 0.480. The number of rotatable bonds is 7. The van der Waals surface area contributed by atoms with Gasteiger partial charge in [-0.2, -0.15) is 0 Å². The van der Waals surface area contributed by atoms with Gasteiger partial charge in [0.15, 0.2) is 0 Å². The van der Waals surface area contributed by atoms with Crippen LogP contribution in [0.4, 0.5) is 0 Å². The molecule has 2 aromatic carbocycles. The van der Waals surface area contributed by atoms with Gasteiger partial charge in [0.2, 0.25) is 0 Å². The molecule has 2 aliphatic rings. The number of ether oxygens (including phenoxy) is 1. The largest absolute Gasteiger partial charge is 0.481 e. The molecule has 2 N–H and O–H groups in total. The van der Waals surface area contributed by atoms with Crippen LogP contribution in [-0.4, -0.2) is 16.2 Å². The molecule has 29 heavy (non-hydrogen) atoms. The van der Waals surface area contributed by atoms with Gasteiger partial charge in [0, 0.05) is 0 Å². The first-order chi connectivity index (χ1) is 13.9. The lowest BCUT2D eigenvalue weighted by Gasteiger charge is -2.42. The molecule has 2 fully saturated rings. The van der Waals surface area contributed by atoms with Gasteiger partial charge in [-0.1, -0.05) is 37.3 Å². The summed E-state index contributed by atoms with van der Waals surface area (Å²) >= 11 is 0.